The van der Waals surface area contributed by atoms with Gasteiger partial charge in [-0.2, -0.15) is 0 Å². The minimum absolute atomic E-state index is 0. The Balaban J connectivity index is -0.0000000183. The van der Waals surface area contributed by atoms with Gasteiger partial charge in [-0.05, 0) is 0 Å². The van der Waals surface area contributed by atoms with Crippen LogP contribution in [0.15, 0.2) is 0 Å². The van der Waals surface area contributed by atoms with Crippen LogP contribution in [0.2, 0.25) is 13.1 Å². The van der Waals surface area contributed by atoms with Gasteiger partial charge in [0.1, 0.15) is 0 Å². The van der Waals surface area contributed by atoms with Crippen LogP contribution >= 0.6 is 12.4 Å². The van der Waals surface area contributed by atoms with Gasteiger partial charge in [0.05, 0.1) is 0 Å². The Labute approximate surface area is 76.0 Å². The van der Waals surface area contributed by atoms with Crippen molar-refractivity contribution in [3.05, 3.63) is 6.55 Å². The fraction of sp³-hybridized carbons (Fsp3) is 0.750. The molecule has 8 heavy (non-hydrogen) atoms. The molecular weight excluding hydrogens is 152 g/mol. The zero-order chi connectivity index (χ0) is 5.58. The van der Waals surface area contributed by atoms with E-state index in [9.17, 15) is 0 Å². The normalized spacial score (nSPS) is 5.25. The minimum atomic E-state index is -0.389. The molecule has 0 aromatic rings. The van der Waals surface area contributed by atoms with Crippen molar-refractivity contribution < 1.29 is 5.11 Å². The van der Waals surface area contributed by atoms with E-state index in [4.69, 9.17) is 5.11 Å². The predicted octanol–water partition coefficient (Wildman–Crippen LogP) is 0.496. The molecule has 0 radical (unpaired) electrons. The van der Waals surface area contributed by atoms with E-state index in [1.165, 1.54) is 0 Å². The van der Waals surface area contributed by atoms with E-state index in [1.807, 2.05) is 0 Å². The van der Waals surface area contributed by atoms with E-state index in [1.54, 1.807) is 0 Å². The SMILES string of the molecule is CO.Cl.[CH2-][SiH](C)C.[Mg+2]. The number of rotatable bonds is 0. The Hall–Kier alpha value is 1.23. The Morgan fingerprint density at radius 1 is 1.25 bits per heavy atom. The molecule has 0 aromatic carbocycles. The molecule has 0 rings (SSSR count). The van der Waals surface area contributed by atoms with E-state index in [0.29, 0.717) is 0 Å². The Morgan fingerprint density at radius 3 is 1.25 bits per heavy atom. The summed E-state index contributed by atoms with van der Waals surface area (Å²) in [6.45, 7) is 8.17. The van der Waals surface area contributed by atoms with Gasteiger partial charge in [-0.3, -0.25) is 0 Å². The molecule has 0 saturated carbocycles. The van der Waals surface area contributed by atoms with Crippen molar-refractivity contribution in [3.8, 4) is 0 Å². The molecule has 0 fully saturated rings. The van der Waals surface area contributed by atoms with Crippen molar-refractivity contribution in [1.82, 2.24) is 0 Å². The summed E-state index contributed by atoms with van der Waals surface area (Å²) in [7, 11) is 0.611. The fourth-order valence-corrected chi connectivity index (χ4v) is 0. The molecule has 0 amide bonds. The summed E-state index contributed by atoms with van der Waals surface area (Å²) in [5.74, 6) is 0. The van der Waals surface area contributed by atoms with Gasteiger partial charge in [-0.1, -0.05) is 13.1 Å². The Bertz CT molecular complexity index is 20.8. The second-order valence-electron chi connectivity index (χ2n) is 1.39. The van der Waals surface area contributed by atoms with Crippen LogP contribution in [-0.4, -0.2) is 44.1 Å². The van der Waals surface area contributed by atoms with E-state index in [-0.39, 0.29) is 44.3 Å². The molecule has 0 spiro atoms. The fourth-order valence-electron chi connectivity index (χ4n) is 0. The first kappa shape index (κ1) is 22.9. The smallest absolute Gasteiger partial charge is 0.400 e. The third-order valence-electron chi connectivity index (χ3n) is 0. The monoisotopic (exact) mass is 165 g/mol. The molecule has 0 aliphatic carbocycles. The van der Waals surface area contributed by atoms with Crippen LogP contribution in [-0.2, 0) is 0 Å². The van der Waals surface area contributed by atoms with Crippen LogP contribution < -0.4 is 0 Å². The molecule has 0 bridgehead atoms. The molecule has 0 aliphatic rings. The first-order chi connectivity index (χ1) is 2.73. The van der Waals surface area contributed by atoms with Crippen molar-refractivity contribution in [1.29, 1.82) is 0 Å². The standard InChI is InChI=1S/C3H9Si.CH4O.ClH.Mg/c1-4(2)3;1-2;;/h4H,1H2,2-3H3;2H,1H3;1H;/q-1;;;+2. The van der Waals surface area contributed by atoms with Gasteiger partial charge < -0.3 is 11.7 Å². The van der Waals surface area contributed by atoms with E-state index in [2.05, 4.69) is 19.6 Å². The van der Waals surface area contributed by atoms with Crippen molar-refractivity contribution in [3.63, 3.8) is 0 Å². The van der Waals surface area contributed by atoms with Crippen LogP contribution in [0.1, 0.15) is 0 Å². The molecule has 0 unspecified atom stereocenters. The van der Waals surface area contributed by atoms with Gasteiger partial charge in [0.15, 0.2) is 0 Å². The summed E-state index contributed by atoms with van der Waals surface area (Å²) in [4.78, 5) is 0. The van der Waals surface area contributed by atoms with Crippen molar-refractivity contribution in [2.24, 2.45) is 0 Å². The van der Waals surface area contributed by atoms with E-state index in [0.717, 1.165) is 7.11 Å². The van der Waals surface area contributed by atoms with Gasteiger partial charge in [-0.15, -0.1) is 21.2 Å². The van der Waals surface area contributed by atoms with Crippen LogP contribution in [0.3, 0.4) is 0 Å². The molecule has 1 N–H and O–H groups in total. The summed E-state index contributed by atoms with van der Waals surface area (Å²) in [5.41, 5.74) is 0. The van der Waals surface area contributed by atoms with Crippen molar-refractivity contribution in [2.75, 3.05) is 7.11 Å². The maximum absolute atomic E-state index is 7.00. The molecule has 0 aliphatic heterocycles. The zero-order valence-electron chi connectivity index (χ0n) is 5.85. The number of hydrogen-bond donors (Lipinski definition) is 1. The van der Waals surface area contributed by atoms with Gasteiger partial charge in [0.25, 0.3) is 0 Å². The van der Waals surface area contributed by atoms with Crippen LogP contribution in [0, 0.1) is 6.55 Å². The van der Waals surface area contributed by atoms with Crippen molar-refractivity contribution >= 4 is 44.3 Å². The molecule has 48 valence electrons. The van der Waals surface area contributed by atoms with Crippen LogP contribution in [0.25, 0.3) is 0 Å². The van der Waals surface area contributed by atoms with Gasteiger partial charge >= 0.3 is 23.1 Å². The summed E-state index contributed by atoms with van der Waals surface area (Å²) in [5, 5.41) is 7.00. The second kappa shape index (κ2) is 24.0. The molecule has 1 nitrogen and oxygen atoms in total. The number of hydrogen-bond acceptors (Lipinski definition) is 1. The average Bonchev–Trinajstić information content (AvgIpc) is 1.41. The third-order valence-corrected chi connectivity index (χ3v) is 0. The Morgan fingerprint density at radius 2 is 1.25 bits per heavy atom. The molecule has 0 aromatic heterocycles. The number of halogens is 1. The summed E-state index contributed by atoms with van der Waals surface area (Å²) >= 11 is 0. The van der Waals surface area contributed by atoms with E-state index >= 15 is 0 Å². The maximum Gasteiger partial charge on any atom is 2.00 e. The molecule has 0 atom stereocenters. The number of aliphatic hydroxyl groups excluding tert-OH is 1. The van der Waals surface area contributed by atoms with Gasteiger partial charge in [0.2, 0.25) is 0 Å². The summed E-state index contributed by atoms with van der Waals surface area (Å²) in [6, 6.07) is 0. The average molecular weight is 166 g/mol. The van der Waals surface area contributed by atoms with Crippen LogP contribution in [0.5, 0.6) is 0 Å². The van der Waals surface area contributed by atoms with E-state index < -0.39 is 0 Å². The largest absolute Gasteiger partial charge is 2.00 e. The predicted molar refractivity (Wildman–Crippen MR) is 45.4 cm³/mol. The first-order valence-electron chi connectivity index (χ1n) is 2.01. The molecule has 0 heterocycles. The second-order valence-corrected chi connectivity index (χ2v) is 4.18. The maximum atomic E-state index is 7.00. The van der Waals surface area contributed by atoms with Crippen LogP contribution in [0.4, 0.5) is 0 Å². The third kappa shape index (κ3) is 185. The number of aliphatic hydroxyl groups is 1. The van der Waals surface area contributed by atoms with Gasteiger partial charge in [0, 0.05) is 7.11 Å². The topological polar surface area (TPSA) is 20.2 Å². The Kier molecular flexibility index (Phi) is 68.7. The zero-order valence-corrected chi connectivity index (χ0v) is 9.23. The first-order valence-corrected chi connectivity index (χ1v) is 5.14. The summed E-state index contributed by atoms with van der Waals surface area (Å²) in [6.07, 6.45) is 0. The van der Waals surface area contributed by atoms with Crippen molar-refractivity contribution in [2.45, 2.75) is 13.1 Å². The summed E-state index contributed by atoms with van der Waals surface area (Å²) < 4.78 is 0. The van der Waals surface area contributed by atoms with Gasteiger partial charge in [-0.25, -0.2) is 0 Å². The quantitative estimate of drug-likeness (QED) is 0.410. The molecular formula is C4H14ClMgOSi+. The molecule has 0 saturated heterocycles. The minimum Gasteiger partial charge on any atom is -0.400 e. The molecule has 4 heteroatoms.